The fourth-order valence-electron chi connectivity index (χ4n) is 1.28. The zero-order valence-electron chi connectivity index (χ0n) is 9.21. The van der Waals surface area contributed by atoms with Gasteiger partial charge in [0.25, 0.3) is 0 Å². The van der Waals surface area contributed by atoms with Crippen LogP contribution < -0.4 is 5.73 Å². The van der Waals surface area contributed by atoms with Crippen LogP contribution >= 0.6 is 11.3 Å². The third-order valence-electron chi connectivity index (χ3n) is 2.16. The molecule has 0 atom stereocenters. The van der Waals surface area contributed by atoms with Crippen LogP contribution in [0.5, 0.6) is 0 Å². The number of ether oxygens (including phenoxy) is 1. The third-order valence-corrected chi connectivity index (χ3v) is 2.91. The second kappa shape index (κ2) is 4.92. The van der Waals surface area contributed by atoms with Gasteiger partial charge >= 0.3 is 5.97 Å². The molecule has 0 amide bonds. The van der Waals surface area contributed by atoms with E-state index in [0.29, 0.717) is 16.9 Å². The molecule has 0 radical (unpaired) electrons. The van der Waals surface area contributed by atoms with Gasteiger partial charge in [-0.2, -0.15) is 0 Å². The first-order valence-electron chi connectivity index (χ1n) is 4.93. The van der Waals surface area contributed by atoms with Crippen LogP contribution in [-0.2, 0) is 11.3 Å². The zero-order valence-corrected chi connectivity index (χ0v) is 10.0. The Morgan fingerprint density at radius 3 is 3.06 bits per heavy atom. The smallest absolute Gasteiger partial charge is 0.340 e. The largest absolute Gasteiger partial charge is 0.456 e. The first-order chi connectivity index (χ1) is 8.16. The Morgan fingerprint density at radius 2 is 2.35 bits per heavy atom. The maximum atomic E-state index is 11.8. The van der Waals surface area contributed by atoms with Crippen LogP contribution in [0, 0.1) is 6.92 Å². The van der Waals surface area contributed by atoms with Gasteiger partial charge in [0.2, 0.25) is 0 Å². The predicted octanol–water partition coefficient (Wildman–Crippen LogP) is 1.79. The second-order valence-electron chi connectivity index (χ2n) is 3.45. The van der Waals surface area contributed by atoms with Gasteiger partial charge in [-0.05, 0) is 13.0 Å². The number of nitrogens with two attached hydrogens (primary N) is 1. The Balaban J connectivity index is 2.07. The number of carbonyl (C=O) groups excluding carboxylic acids is 1. The Hall–Kier alpha value is -1.95. The molecule has 5 nitrogen and oxygen atoms in total. The fraction of sp³-hybridized carbons (Fsp3) is 0.182. The van der Waals surface area contributed by atoms with Crippen molar-refractivity contribution >= 4 is 23.0 Å². The van der Waals surface area contributed by atoms with Gasteiger partial charge in [0, 0.05) is 6.20 Å². The maximum absolute atomic E-state index is 11.8. The van der Waals surface area contributed by atoms with Crippen molar-refractivity contribution in [3.05, 3.63) is 40.1 Å². The molecule has 0 aliphatic carbocycles. The van der Waals surface area contributed by atoms with E-state index in [1.807, 2.05) is 0 Å². The Labute approximate surface area is 102 Å². The summed E-state index contributed by atoms with van der Waals surface area (Å²) in [5, 5.41) is 0. The van der Waals surface area contributed by atoms with E-state index < -0.39 is 5.97 Å². The van der Waals surface area contributed by atoms with Crippen molar-refractivity contribution in [3.8, 4) is 0 Å². The number of hydrogen-bond donors (Lipinski definition) is 1. The van der Waals surface area contributed by atoms with Crippen LogP contribution in [-0.4, -0.2) is 15.9 Å². The van der Waals surface area contributed by atoms with E-state index >= 15 is 0 Å². The van der Waals surface area contributed by atoms with Gasteiger partial charge in [-0.1, -0.05) is 0 Å². The molecule has 0 unspecified atom stereocenters. The summed E-state index contributed by atoms with van der Waals surface area (Å²) < 4.78 is 5.14. The molecule has 0 fully saturated rings. The average Bonchev–Trinajstić information content (AvgIpc) is 2.82. The van der Waals surface area contributed by atoms with Crippen molar-refractivity contribution in [2.75, 3.05) is 5.73 Å². The predicted molar refractivity (Wildman–Crippen MR) is 64.6 cm³/mol. The van der Waals surface area contributed by atoms with Crippen molar-refractivity contribution in [2.24, 2.45) is 0 Å². The van der Waals surface area contributed by atoms with Gasteiger partial charge in [0.05, 0.1) is 33.5 Å². The monoisotopic (exact) mass is 249 g/mol. The van der Waals surface area contributed by atoms with Gasteiger partial charge < -0.3 is 10.5 Å². The van der Waals surface area contributed by atoms with E-state index in [1.165, 1.54) is 17.5 Å². The van der Waals surface area contributed by atoms with Crippen LogP contribution in [0.15, 0.2) is 24.0 Å². The quantitative estimate of drug-likeness (QED) is 0.839. The van der Waals surface area contributed by atoms with Crippen LogP contribution in [0.3, 0.4) is 0 Å². The molecule has 0 aromatic carbocycles. The summed E-state index contributed by atoms with van der Waals surface area (Å²) in [4.78, 5) is 20.6. The summed E-state index contributed by atoms with van der Waals surface area (Å²) in [7, 11) is 0. The van der Waals surface area contributed by atoms with Gasteiger partial charge in [0.1, 0.15) is 6.61 Å². The molecule has 2 N–H and O–H groups in total. The second-order valence-corrected chi connectivity index (χ2v) is 4.42. The lowest BCUT2D eigenvalue weighted by molar-refractivity contribution is 0.0475. The Kier molecular flexibility index (Phi) is 3.34. The molecule has 2 heterocycles. The molecule has 0 saturated heterocycles. The third kappa shape index (κ3) is 2.79. The molecule has 88 valence electrons. The van der Waals surface area contributed by atoms with E-state index in [4.69, 9.17) is 10.5 Å². The van der Waals surface area contributed by atoms with Crippen molar-refractivity contribution in [2.45, 2.75) is 13.5 Å². The maximum Gasteiger partial charge on any atom is 0.340 e. The van der Waals surface area contributed by atoms with Crippen LogP contribution in [0.25, 0.3) is 0 Å². The summed E-state index contributed by atoms with van der Waals surface area (Å²) >= 11 is 1.44. The van der Waals surface area contributed by atoms with Crippen LogP contribution in [0.2, 0.25) is 0 Å². The number of aromatic nitrogens is 2. The van der Waals surface area contributed by atoms with Gasteiger partial charge in [0.15, 0.2) is 0 Å². The minimum Gasteiger partial charge on any atom is -0.456 e. The molecular formula is C11H11N3O2S. The van der Waals surface area contributed by atoms with E-state index in [-0.39, 0.29) is 6.61 Å². The highest BCUT2D eigenvalue weighted by molar-refractivity contribution is 7.09. The molecule has 6 heteroatoms. The highest BCUT2D eigenvalue weighted by atomic mass is 32.1. The molecule has 2 aromatic rings. The molecular weight excluding hydrogens is 238 g/mol. The molecule has 17 heavy (non-hydrogen) atoms. The van der Waals surface area contributed by atoms with E-state index in [9.17, 15) is 4.79 Å². The topological polar surface area (TPSA) is 78.1 Å². The summed E-state index contributed by atoms with van der Waals surface area (Å²) in [6.45, 7) is 1.96. The summed E-state index contributed by atoms with van der Waals surface area (Å²) in [5.41, 5.74) is 8.72. The van der Waals surface area contributed by atoms with Crippen LogP contribution in [0.4, 0.5) is 5.69 Å². The molecule has 2 aromatic heterocycles. The zero-order chi connectivity index (χ0) is 12.3. The summed E-state index contributed by atoms with van der Waals surface area (Å²) in [5.74, 6) is -0.421. The van der Waals surface area contributed by atoms with Gasteiger partial charge in [-0.3, -0.25) is 9.97 Å². The van der Waals surface area contributed by atoms with E-state index in [2.05, 4.69) is 9.97 Å². The number of rotatable bonds is 3. The van der Waals surface area contributed by atoms with Crippen molar-refractivity contribution < 1.29 is 9.53 Å². The standard InChI is InChI=1S/C11H11N3O2S/c1-7-10(2-8(12)3-14-7)11(15)16-5-9-4-13-6-17-9/h2-4,6H,5,12H2,1H3. The lowest BCUT2D eigenvalue weighted by Gasteiger charge is -2.06. The number of pyridine rings is 1. The fourth-order valence-corrected chi connectivity index (χ4v) is 1.79. The number of esters is 1. The van der Waals surface area contributed by atoms with E-state index in [0.717, 1.165) is 4.88 Å². The highest BCUT2D eigenvalue weighted by Crippen LogP contribution is 2.13. The van der Waals surface area contributed by atoms with Crippen molar-refractivity contribution in [1.29, 1.82) is 0 Å². The average molecular weight is 249 g/mol. The number of nitrogens with zero attached hydrogens (tertiary/aromatic N) is 2. The molecule has 0 aliphatic rings. The highest BCUT2D eigenvalue weighted by Gasteiger charge is 2.12. The Bertz CT molecular complexity index is 526. The summed E-state index contributed by atoms with van der Waals surface area (Å²) in [6, 6.07) is 1.57. The molecule has 0 saturated carbocycles. The molecule has 0 bridgehead atoms. The number of thiazole rings is 1. The normalized spacial score (nSPS) is 10.2. The van der Waals surface area contributed by atoms with Crippen molar-refractivity contribution in [3.63, 3.8) is 0 Å². The Morgan fingerprint density at radius 1 is 1.53 bits per heavy atom. The lowest BCUT2D eigenvalue weighted by atomic mass is 10.2. The number of hydrogen-bond acceptors (Lipinski definition) is 6. The minimum absolute atomic E-state index is 0.220. The van der Waals surface area contributed by atoms with Gasteiger partial charge in [-0.25, -0.2) is 4.79 Å². The van der Waals surface area contributed by atoms with Crippen LogP contribution in [0.1, 0.15) is 20.9 Å². The molecule has 0 aliphatic heterocycles. The van der Waals surface area contributed by atoms with E-state index in [1.54, 1.807) is 24.7 Å². The minimum atomic E-state index is -0.421. The van der Waals surface area contributed by atoms with Gasteiger partial charge in [-0.15, -0.1) is 11.3 Å². The SMILES string of the molecule is Cc1ncc(N)cc1C(=O)OCc1cncs1. The number of aryl methyl sites for hydroxylation is 1. The number of anilines is 1. The first kappa shape index (κ1) is 11.5. The lowest BCUT2D eigenvalue weighted by Crippen LogP contribution is -2.08. The molecule has 2 rings (SSSR count). The summed E-state index contributed by atoms with van der Waals surface area (Å²) in [6.07, 6.45) is 3.18. The molecule has 0 spiro atoms. The van der Waals surface area contributed by atoms with Crippen molar-refractivity contribution in [1.82, 2.24) is 9.97 Å². The number of nitrogen functional groups attached to an aromatic ring is 1. The first-order valence-corrected chi connectivity index (χ1v) is 5.81. The number of carbonyl (C=O) groups is 1.